The normalized spacial score (nSPS) is 17.3. The van der Waals surface area contributed by atoms with Crippen molar-refractivity contribution in [2.75, 3.05) is 6.54 Å². The van der Waals surface area contributed by atoms with Crippen LogP contribution in [0.15, 0.2) is 58.8 Å². The Morgan fingerprint density at radius 3 is 2.50 bits per heavy atom. The molecule has 1 aromatic heterocycles. The lowest BCUT2D eigenvalue weighted by Crippen LogP contribution is -2.35. The fourth-order valence-corrected chi connectivity index (χ4v) is 4.53. The Labute approximate surface area is 138 Å². The Balaban J connectivity index is 1.91. The van der Waals surface area contributed by atoms with Crippen LogP contribution in [0.25, 0.3) is 0 Å². The topological polar surface area (TPSA) is 85.2 Å². The number of benzene rings is 1. The van der Waals surface area contributed by atoms with E-state index < -0.39 is 15.8 Å². The number of ketones is 2. The molecule has 1 aliphatic carbocycles. The Bertz CT molecular complexity index is 1000. The van der Waals surface area contributed by atoms with Crippen LogP contribution in [0.3, 0.4) is 0 Å². The highest BCUT2D eigenvalue weighted by molar-refractivity contribution is 7.90. The molecule has 24 heavy (non-hydrogen) atoms. The molecule has 2 aliphatic rings. The van der Waals surface area contributed by atoms with Gasteiger partial charge in [0.15, 0.2) is 0 Å². The molecule has 0 saturated heterocycles. The summed E-state index contributed by atoms with van der Waals surface area (Å²) >= 11 is 0. The van der Waals surface area contributed by atoms with Gasteiger partial charge in [-0.15, -0.1) is 0 Å². The summed E-state index contributed by atoms with van der Waals surface area (Å²) in [4.78, 5) is 25.5. The first-order chi connectivity index (χ1) is 11.5. The Hall–Kier alpha value is -2.67. The van der Waals surface area contributed by atoms with Gasteiger partial charge in [-0.05, 0) is 31.0 Å². The van der Waals surface area contributed by atoms with Gasteiger partial charge in [-0.1, -0.05) is 18.2 Å². The molecule has 0 saturated carbocycles. The number of allylic oxidation sites excluding steroid dienone is 2. The van der Waals surface area contributed by atoms with Crippen LogP contribution in [-0.4, -0.2) is 30.5 Å². The standard InChI is InChI=1S/C17H14N2O4S/c20-16-13-8-10-19(24(22,23)11-5-2-1-3-6-11)15(13)17(21)12-7-4-9-18-14(12)16/h1-3,5-6,8,10,18H,4,7,9H2. The minimum absolute atomic E-state index is 0.0636. The van der Waals surface area contributed by atoms with Crippen molar-refractivity contribution in [3.63, 3.8) is 0 Å². The number of hydrogen-bond donors (Lipinski definition) is 1. The average molecular weight is 342 g/mol. The Kier molecular flexibility index (Phi) is 3.21. The average Bonchev–Trinajstić information content (AvgIpc) is 3.07. The Morgan fingerprint density at radius 2 is 1.75 bits per heavy atom. The lowest BCUT2D eigenvalue weighted by Gasteiger charge is -2.25. The summed E-state index contributed by atoms with van der Waals surface area (Å²) < 4.78 is 26.6. The molecular formula is C17H14N2O4S. The molecule has 0 amide bonds. The number of nitrogens with one attached hydrogen (secondary N) is 1. The van der Waals surface area contributed by atoms with Gasteiger partial charge in [-0.3, -0.25) is 9.59 Å². The molecule has 1 aliphatic heterocycles. The maximum Gasteiger partial charge on any atom is 0.268 e. The van der Waals surface area contributed by atoms with Crippen molar-refractivity contribution in [2.45, 2.75) is 17.7 Å². The molecule has 6 nitrogen and oxygen atoms in total. The zero-order valence-corrected chi connectivity index (χ0v) is 13.5. The van der Waals surface area contributed by atoms with E-state index in [-0.39, 0.29) is 21.9 Å². The van der Waals surface area contributed by atoms with Crippen LogP contribution in [0.4, 0.5) is 0 Å². The summed E-state index contributed by atoms with van der Waals surface area (Å²) in [5, 5.41) is 2.97. The van der Waals surface area contributed by atoms with E-state index in [2.05, 4.69) is 5.32 Å². The highest BCUT2D eigenvalue weighted by atomic mass is 32.2. The summed E-state index contributed by atoms with van der Waals surface area (Å²) in [7, 11) is -3.93. The van der Waals surface area contributed by atoms with E-state index in [1.54, 1.807) is 18.2 Å². The van der Waals surface area contributed by atoms with E-state index >= 15 is 0 Å². The van der Waals surface area contributed by atoms with Crippen molar-refractivity contribution in [3.05, 3.63) is 65.1 Å². The number of carbonyl (C=O) groups excluding carboxylic acids is 2. The fraction of sp³-hybridized carbons (Fsp3) is 0.176. The maximum atomic E-state index is 12.8. The van der Waals surface area contributed by atoms with Crippen molar-refractivity contribution < 1.29 is 18.0 Å². The second-order valence-corrected chi connectivity index (χ2v) is 7.55. The molecule has 2 aromatic rings. The van der Waals surface area contributed by atoms with Gasteiger partial charge in [0, 0.05) is 18.3 Å². The number of nitrogens with zero attached hydrogens (tertiary/aromatic N) is 1. The molecule has 7 heteroatoms. The van der Waals surface area contributed by atoms with E-state index in [1.165, 1.54) is 24.4 Å². The minimum atomic E-state index is -3.93. The van der Waals surface area contributed by atoms with Crippen molar-refractivity contribution >= 4 is 21.6 Å². The van der Waals surface area contributed by atoms with Gasteiger partial charge in [0.2, 0.25) is 11.6 Å². The summed E-state index contributed by atoms with van der Waals surface area (Å²) in [5.74, 6) is -0.711. The molecule has 0 unspecified atom stereocenters. The van der Waals surface area contributed by atoms with Crippen molar-refractivity contribution in [1.82, 2.24) is 9.29 Å². The zero-order valence-electron chi connectivity index (χ0n) is 12.7. The molecule has 2 heterocycles. The molecule has 0 spiro atoms. The third-order valence-electron chi connectivity index (χ3n) is 4.32. The minimum Gasteiger partial charge on any atom is -0.382 e. The monoisotopic (exact) mass is 342 g/mol. The first kappa shape index (κ1) is 14.9. The predicted octanol–water partition coefficient (Wildman–Crippen LogP) is 1.74. The summed E-state index contributed by atoms with van der Waals surface area (Å²) in [5.41, 5.74) is 0.759. The van der Waals surface area contributed by atoms with E-state index in [1.807, 2.05) is 0 Å². The lowest BCUT2D eigenvalue weighted by atomic mass is 9.87. The van der Waals surface area contributed by atoms with Gasteiger partial charge in [0.25, 0.3) is 10.0 Å². The number of rotatable bonds is 2. The number of aromatic nitrogens is 1. The Morgan fingerprint density at radius 1 is 1.00 bits per heavy atom. The first-order valence-corrected chi connectivity index (χ1v) is 9.04. The quantitative estimate of drug-likeness (QED) is 0.898. The molecule has 1 aromatic carbocycles. The van der Waals surface area contributed by atoms with Crippen LogP contribution < -0.4 is 5.32 Å². The second kappa shape index (κ2) is 5.17. The van der Waals surface area contributed by atoms with Gasteiger partial charge in [-0.2, -0.15) is 0 Å². The van der Waals surface area contributed by atoms with Crippen LogP contribution in [0.5, 0.6) is 0 Å². The van der Waals surface area contributed by atoms with Crippen LogP contribution in [0.1, 0.15) is 33.7 Å². The molecule has 0 bridgehead atoms. The van der Waals surface area contributed by atoms with Crippen molar-refractivity contribution in [3.8, 4) is 0 Å². The number of carbonyl (C=O) groups is 2. The predicted molar refractivity (Wildman–Crippen MR) is 86.4 cm³/mol. The van der Waals surface area contributed by atoms with Gasteiger partial charge in [0.1, 0.15) is 5.69 Å². The molecule has 1 N–H and O–H groups in total. The molecule has 0 atom stereocenters. The fourth-order valence-electron chi connectivity index (χ4n) is 3.16. The van der Waals surface area contributed by atoms with E-state index in [0.29, 0.717) is 24.2 Å². The summed E-state index contributed by atoms with van der Waals surface area (Å²) in [6, 6.07) is 9.26. The van der Waals surface area contributed by atoms with E-state index in [9.17, 15) is 18.0 Å². The highest BCUT2D eigenvalue weighted by Crippen LogP contribution is 2.32. The molecule has 122 valence electrons. The van der Waals surface area contributed by atoms with Crippen LogP contribution in [0.2, 0.25) is 0 Å². The SMILES string of the molecule is O=C1C2=C(CCCN2)C(=O)c2c1ccn2S(=O)(=O)c1ccccc1. The number of hydrogen-bond acceptors (Lipinski definition) is 5. The van der Waals surface area contributed by atoms with Crippen LogP contribution >= 0.6 is 0 Å². The first-order valence-electron chi connectivity index (χ1n) is 7.60. The van der Waals surface area contributed by atoms with E-state index in [4.69, 9.17) is 0 Å². The van der Waals surface area contributed by atoms with E-state index in [0.717, 1.165) is 10.4 Å². The van der Waals surface area contributed by atoms with Gasteiger partial charge in [-0.25, -0.2) is 12.4 Å². The molecule has 0 radical (unpaired) electrons. The summed E-state index contributed by atoms with van der Waals surface area (Å²) in [6.45, 7) is 0.635. The third kappa shape index (κ3) is 1.98. The molecule has 4 rings (SSSR count). The van der Waals surface area contributed by atoms with Crippen LogP contribution in [-0.2, 0) is 10.0 Å². The van der Waals surface area contributed by atoms with Crippen molar-refractivity contribution in [1.29, 1.82) is 0 Å². The maximum absolute atomic E-state index is 12.8. The van der Waals surface area contributed by atoms with Crippen LogP contribution in [0, 0.1) is 0 Å². The third-order valence-corrected chi connectivity index (χ3v) is 6.01. The van der Waals surface area contributed by atoms with Gasteiger partial charge in [0.05, 0.1) is 16.2 Å². The van der Waals surface area contributed by atoms with Crippen molar-refractivity contribution in [2.24, 2.45) is 0 Å². The molecule has 0 fully saturated rings. The lowest BCUT2D eigenvalue weighted by molar-refractivity contribution is 0.0958. The summed E-state index contributed by atoms with van der Waals surface area (Å²) in [6.07, 6.45) is 2.49. The highest BCUT2D eigenvalue weighted by Gasteiger charge is 2.38. The number of fused-ring (bicyclic) bond motifs is 1. The van der Waals surface area contributed by atoms with Gasteiger partial charge >= 0.3 is 0 Å². The zero-order chi connectivity index (χ0) is 16.9. The second-order valence-electron chi connectivity index (χ2n) is 5.73. The molecular weight excluding hydrogens is 328 g/mol. The number of Topliss-reactive ketones (excluding diaryl/α,β-unsaturated/α-hetero) is 2. The smallest absolute Gasteiger partial charge is 0.268 e. The largest absolute Gasteiger partial charge is 0.382 e. The van der Waals surface area contributed by atoms with Gasteiger partial charge < -0.3 is 5.32 Å².